The van der Waals surface area contributed by atoms with Crippen LogP contribution in [0.5, 0.6) is 0 Å². The van der Waals surface area contributed by atoms with Gasteiger partial charge in [0.05, 0.1) is 5.56 Å². The van der Waals surface area contributed by atoms with Gasteiger partial charge in [0.2, 0.25) is 5.89 Å². The third-order valence-electron chi connectivity index (χ3n) is 3.20. The van der Waals surface area contributed by atoms with Crippen molar-refractivity contribution in [1.29, 1.82) is 0 Å². The molecule has 0 radical (unpaired) electrons. The number of aromatic nitrogens is 3. The zero-order valence-corrected chi connectivity index (χ0v) is 14.3. The number of amides is 1. The first-order chi connectivity index (χ1) is 10.8. The van der Waals surface area contributed by atoms with E-state index < -0.39 is 0 Å². The second-order valence-electron chi connectivity index (χ2n) is 6.54. The van der Waals surface area contributed by atoms with Crippen molar-refractivity contribution in [2.24, 2.45) is 0 Å². The molecular weight excluding hydrogens is 294 g/mol. The molecule has 1 amide bonds. The van der Waals surface area contributed by atoms with Crippen molar-refractivity contribution in [2.75, 3.05) is 25.5 Å². The van der Waals surface area contributed by atoms with Gasteiger partial charge in [0, 0.05) is 38.7 Å². The number of rotatable bonds is 5. The largest absolute Gasteiger partial charge is 0.362 e. The van der Waals surface area contributed by atoms with Gasteiger partial charge in [-0.1, -0.05) is 25.9 Å². The van der Waals surface area contributed by atoms with Crippen molar-refractivity contribution < 1.29 is 9.32 Å². The van der Waals surface area contributed by atoms with E-state index in [-0.39, 0.29) is 11.3 Å². The Kier molecular flexibility index (Phi) is 4.98. The highest BCUT2D eigenvalue weighted by Gasteiger charge is 2.21. The zero-order valence-electron chi connectivity index (χ0n) is 14.3. The Morgan fingerprint density at radius 1 is 1.35 bits per heavy atom. The van der Waals surface area contributed by atoms with Crippen LogP contribution in [0.15, 0.2) is 22.9 Å². The molecule has 0 aliphatic rings. The van der Waals surface area contributed by atoms with E-state index in [0.29, 0.717) is 36.1 Å². The molecule has 7 nitrogen and oxygen atoms in total. The van der Waals surface area contributed by atoms with Gasteiger partial charge in [0.1, 0.15) is 5.82 Å². The maximum atomic E-state index is 12.3. The van der Waals surface area contributed by atoms with E-state index in [1.54, 1.807) is 18.3 Å². The molecule has 0 spiro atoms. The van der Waals surface area contributed by atoms with Gasteiger partial charge in [-0.05, 0) is 12.1 Å². The van der Waals surface area contributed by atoms with Gasteiger partial charge < -0.3 is 14.7 Å². The number of hydrogen-bond donors (Lipinski definition) is 1. The topological polar surface area (TPSA) is 84.2 Å². The second-order valence-corrected chi connectivity index (χ2v) is 6.54. The molecule has 2 rings (SSSR count). The molecule has 0 atom stereocenters. The first-order valence-electron chi connectivity index (χ1n) is 7.52. The summed E-state index contributed by atoms with van der Waals surface area (Å²) in [5.74, 6) is 1.66. The summed E-state index contributed by atoms with van der Waals surface area (Å²) in [6.07, 6.45) is 2.18. The number of nitrogens with one attached hydrogen (secondary N) is 1. The molecule has 1 N–H and O–H groups in total. The van der Waals surface area contributed by atoms with Gasteiger partial charge in [-0.15, -0.1) is 0 Å². The van der Waals surface area contributed by atoms with Crippen molar-refractivity contribution in [3.63, 3.8) is 0 Å². The number of pyridine rings is 1. The van der Waals surface area contributed by atoms with E-state index in [1.807, 2.05) is 39.8 Å². The van der Waals surface area contributed by atoms with Crippen molar-refractivity contribution in [1.82, 2.24) is 20.4 Å². The van der Waals surface area contributed by atoms with Crippen LogP contribution in [0.2, 0.25) is 0 Å². The van der Waals surface area contributed by atoms with Gasteiger partial charge in [0.25, 0.3) is 5.91 Å². The van der Waals surface area contributed by atoms with Crippen LogP contribution in [0.1, 0.15) is 42.8 Å². The first-order valence-corrected chi connectivity index (χ1v) is 7.52. The lowest BCUT2D eigenvalue weighted by Gasteiger charge is -2.15. The summed E-state index contributed by atoms with van der Waals surface area (Å²) in [5.41, 5.74) is 0.367. The number of carbonyl (C=O) groups excluding carboxylic acids is 1. The molecule has 0 aliphatic carbocycles. The number of carbonyl (C=O) groups is 1. The summed E-state index contributed by atoms with van der Waals surface area (Å²) < 4.78 is 5.23. The molecule has 0 bridgehead atoms. The fourth-order valence-electron chi connectivity index (χ4n) is 1.97. The van der Waals surface area contributed by atoms with Crippen LogP contribution in [-0.2, 0) is 11.8 Å². The summed E-state index contributed by atoms with van der Waals surface area (Å²) >= 11 is 0. The number of anilines is 1. The highest BCUT2D eigenvalue weighted by molar-refractivity contribution is 5.98. The molecule has 0 fully saturated rings. The molecule has 124 valence electrons. The van der Waals surface area contributed by atoms with E-state index in [2.05, 4.69) is 20.4 Å². The average Bonchev–Trinajstić information content (AvgIpc) is 2.96. The van der Waals surface area contributed by atoms with Gasteiger partial charge >= 0.3 is 0 Å². The molecule has 7 heteroatoms. The normalized spacial score (nSPS) is 11.3. The molecule has 0 aliphatic heterocycles. The summed E-state index contributed by atoms with van der Waals surface area (Å²) in [4.78, 5) is 22.7. The Hall–Kier alpha value is -2.44. The summed E-state index contributed by atoms with van der Waals surface area (Å²) in [6, 6.07) is 3.50. The van der Waals surface area contributed by atoms with Gasteiger partial charge in [-0.3, -0.25) is 4.79 Å². The van der Waals surface area contributed by atoms with Crippen LogP contribution in [-0.4, -0.2) is 41.7 Å². The summed E-state index contributed by atoms with van der Waals surface area (Å²) in [6.45, 7) is 6.47. The predicted molar refractivity (Wildman–Crippen MR) is 87.6 cm³/mol. The third kappa shape index (κ3) is 4.28. The molecule has 0 unspecified atom stereocenters. The van der Waals surface area contributed by atoms with Gasteiger partial charge in [0.15, 0.2) is 5.82 Å². The van der Waals surface area contributed by atoms with E-state index in [0.717, 1.165) is 0 Å². The molecule has 2 heterocycles. The molecule has 0 saturated carbocycles. The van der Waals surface area contributed by atoms with Crippen molar-refractivity contribution in [2.45, 2.75) is 32.6 Å². The first kappa shape index (κ1) is 16.9. The minimum atomic E-state index is -0.176. The van der Waals surface area contributed by atoms with E-state index >= 15 is 0 Å². The molecule has 23 heavy (non-hydrogen) atoms. The van der Waals surface area contributed by atoms with E-state index in [9.17, 15) is 4.79 Å². The molecule has 0 saturated heterocycles. The van der Waals surface area contributed by atoms with Crippen LogP contribution in [0.3, 0.4) is 0 Å². The Labute approximate surface area is 136 Å². The van der Waals surface area contributed by atoms with Crippen LogP contribution in [0, 0.1) is 0 Å². The lowest BCUT2D eigenvalue weighted by atomic mass is 9.97. The molecule has 0 aromatic carbocycles. The molecular formula is C16H23N5O2. The maximum Gasteiger partial charge on any atom is 0.255 e. The van der Waals surface area contributed by atoms with E-state index in [4.69, 9.17) is 4.52 Å². The van der Waals surface area contributed by atoms with Crippen LogP contribution >= 0.6 is 0 Å². The monoisotopic (exact) mass is 317 g/mol. The van der Waals surface area contributed by atoms with Crippen molar-refractivity contribution >= 4 is 11.7 Å². The van der Waals surface area contributed by atoms with E-state index in [1.165, 1.54) is 0 Å². The van der Waals surface area contributed by atoms with Crippen LogP contribution < -0.4 is 10.2 Å². The summed E-state index contributed by atoms with van der Waals surface area (Å²) in [5, 5.41) is 6.80. The fourth-order valence-corrected chi connectivity index (χ4v) is 1.97. The van der Waals surface area contributed by atoms with Crippen molar-refractivity contribution in [3.05, 3.63) is 35.6 Å². The number of hydrogen-bond acceptors (Lipinski definition) is 6. The highest BCUT2D eigenvalue weighted by atomic mass is 16.5. The van der Waals surface area contributed by atoms with Gasteiger partial charge in [-0.2, -0.15) is 4.98 Å². The Bertz CT molecular complexity index is 673. The van der Waals surface area contributed by atoms with Gasteiger partial charge in [-0.25, -0.2) is 4.98 Å². The maximum absolute atomic E-state index is 12.3. The second kappa shape index (κ2) is 6.76. The Morgan fingerprint density at radius 2 is 2.09 bits per heavy atom. The average molecular weight is 317 g/mol. The minimum Gasteiger partial charge on any atom is -0.362 e. The van der Waals surface area contributed by atoms with Crippen LogP contribution in [0.4, 0.5) is 5.82 Å². The summed E-state index contributed by atoms with van der Waals surface area (Å²) in [7, 11) is 3.71. The molecule has 2 aromatic heterocycles. The third-order valence-corrected chi connectivity index (χ3v) is 3.20. The lowest BCUT2D eigenvalue weighted by molar-refractivity contribution is 0.0954. The Balaban J connectivity index is 1.94. The standard InChI is InChI=1S/C16H23N5O2/c1-16(2,3)15-19-12(20-23-15)8-10-18-14(22)11-7-6-9-17-13(11)21(4)5/h6-7,9H,8,10H2,1-5H3,(H,18,22). The minimum absolute atomic E-state index is 0.165. The zero-order chi connectivity index (χ0) is 17.0. The highest BCUT2D eigenvalue weighted by Crippen LogP contribution is 2.19. The molecule has 2 aromatic rings. The van der Waals surface area contributed by atoms with Crippen LogP contribution in [0.25, 0.3) is 0 Å². The SMILES string of the molecule is CN(C)c1ncccc1C(=O)NCCc1noc(C(C)(C)C)n1. The quantitative estimate of drug-likeness (QED) is 0.905. The fraction of sp³-hybridized carbons (Fsp3) is 0.500. The predicted octanol–water partition coefficient (Wildman–Crippen LogP) is 1.80. The number of nitrogens with zero attached hydrogens (tertiary/aromatic N) is 4. The lowest BCUT2D eigenvalue weighted by Crippen LogP contribution is -2.28. The smallest absolute Gasteiger partial charge is 0.255 e. The Morgan fingerprint density at radius 3 is 2.70 bits per heavy atom. The van der Waals surface area contributed by atoms with Crippen molar-refractivity contribution in [3.8, 4) is 0 Å².